The van der Waals surface area contributed by atoms with Crippen molar-refractivity contribution in [3.63, 3.8) is 0 Å². The lowest BCUT2D eigenvalue weighted by Gasteiger charge is -2.34. The first-order chi connectivity index (χ1) is 7.33. The van der Waals surface area contributed by atoms with Crippen molar-refractivity contribution in [3.05, 3.63) is 0 Å². The van der Waals surface area contributed by atoms with Crippen molar-refractivity contribution in [1.82, 2.24) is 4.90 Å². The van der Waals surface area contributed by atoms with Gasteiger partial charge >= 0.3 is 0 Å². The minimum atomic E-state index is 0.346. The van der Waals surface area contributed by atoms with Gasteiger partial charge in [-0.2, -0.15) is 0 Å². The van der Waals surface area contributed by atoms with Crippen molar-refractivity contribution >= 4 is 5.91 Å². The lowest BCUT2D eigenvalue weighted by Crippen LogP contribution is -2.44. The standard InChI is InChI=1S/C12H22N2O/c13-8-9-14(12(15)10-6-7-10)11-4-2-1-3-5-11/h10-11H,1-9,13H2. The normalized spacial score (nSPS) is 22.7. The predicted octanol–water partition coefficient (Wildman–Crippen LogP) is 1.52. The first-order valence-electron chi connectivity index (χ1n) is 6.33. The zero-order chi connectivity index (χ0) is 10.7. The molecule has 2 saturated carbocycles. The summed E-state index contributed by atoms with van der Waals surface area (Å²) in [6, 6.07) is 0.496. The van der Waals surface area contributed by atoms with E-state index in [1.54, 1.807) is 0 Å². The molecule has 0 bridgehead atoms. The van der Waals surface area contributed by atoms with Gasteiger partial charge < -0.3 is 10.6 Å². The third kappa shape index (κ3) is 2.71. The van der Waals surface area contributed by atoms with Crippen LogP contribution in [0.15, 0.2) is 0 Å². The summed E-state index contributed by atoms with van der Waals surface area (Å²) in [5, 5.41) is 0. The third-order valence-corrected chi connectivity index (χ3v) is 3.60. The Hall–Kier alpha value is -0.570. The van der Waals surface area contributed by atoms with Crippen molar-refractivity contribution in [1.29, 1.82) is 0 Å². The van der Waals surface area contributed by atoms with Crippen LogP contribution in [0.3, 0.4) is 0 Å². The average molecular weight is 210 g/mol. The highest BCUT2D eigenvalue weighted by molar-refractivity contribution is 5.81. The Morgan fingerprint density at radius 3 is 2.33 bits per heavy atom. The van der Waals surface area contributed by atoms with Gasteiger partial charge in [-0.15, -0.1) is 0 Å². The second kappa shape index (κ2) is 4.97. The lowest BCUT2D eigenvalue weighted by molar-refractivity contribution is -0.135. The van der Waals surface area contributed by atoms with E-state index in [-0.39, 0.29) is 0 Å². The summed E-state index contributed by atoms with van der Waals surface area (Å²) in [7, 11) is 0. The minimum absolute atomic E-state index is 0.346. The fraction of sp³-hybridized carbons (Fsp3) is 0.917. The predicted molar refractivity (Wildman–Crippen MR) is 60.4 cm³/mol. The number of hydrogen-bond acceptors (Lipinski definition) is 2. The molecule has 3 nitrogen and oxygen atoms in total. The van der Waals surface area contributed by atoms with E-state index in [2.05, 4.69) is 4.90 Å². The molecule has 0 heterocycles. The molecule has 2 aliphatic rings. The number of hydrogen-bond donors (Lipinski definition) is 1. The fourth-order valence-corrected chi connectivity index (χ4v) is 2.57. The first kappa shape index (κ1) is 10.9. The fourth-order valence-electron chi connectivity index (χ4n) is 2.57. The Kier molecular flexibility index (Phi) is 3.62. The Labute approximate surface area is 92.0 Å². The minimum Gasteiger partial charge on any atom is -0.338 e. The molecule has 0 aromatic carbocycles. The molecule has 2 fully saturated rings. The maximum atomic E-state index is 12.1. The van der Waals surface area contributed by atoms with E-state index in [9.17, 15) is 4.79 Å². The van der Waals surface area contributed by atoms with E-state index in [4.69, 9.17) is 5.73 Å². The summed E-state index contributed by atoms with van der Waals surface area (Å²) in [4.78, 5) is 14.1. The highest BCUT2D eigenvalue weighted by Gasteiger charge is 2.36. The van der Waals surface area contributed by atoms with Gasteiger partial charge in [-0.25, -0.2) is 0 Å². The average Bonchev–Trinajstić information content (AvgIpc) is 3.10. The second-order valence-electron chi connectivity index (χ2n) is 4.89. The van der Waals surface area contributed by atoms with E-state index in [1.807, 2.05) is 0 Å². The van der Waals surface area contributed by atoms with Crippen LogP contribution in [0, 0.1) is 5.92 Å². The Morgan fingerprint density at radius 2 is 1.80 bits per heavy atom. The van der Waals surface area contributed by atoms with E-state index >= 15 is 0 Å². The summed E-state index contributed by atoms with van der Waals surface area (Å²) in [5.41, 5.74) is 5.60. The SMILES string of the molecule is NCCN(C(=O)C1CC1)C1CCCCC1. The van der Waals surface area contributed by atoms with Crippen LogP contribution in [0.4, 0.5) is 0 Å². The summed E-state index contributed by atoms with van der Waals surface area (Å²) in [6.07, 6.45) is 8.49. The van der Waals surface area contributed by atoms with E-state index in [1.165, 1.54) is 32.1 Å². The number of rotatable bonds is 4. The number of nitrogens with two attached hydrogens (primary N) is 1. The molecule has 1 amide bonds. The van der Waals surface area contributed by atoms with Crippen LogP contribution in [0.5, 0.6) is 0 Å². The highest BCUT2D eigenvalue weighted by Crippen LogP contribution is 2.33. The van der Waals surface area contributed by atoms with E-state index in [0.29, 0.717) is 24.4 Å². The molecule has 0 spiro atoms. The maximum Gasteiger partial charge on any atom is 0.225 e. The molecule has 2 aliphatic carbocycles. The number of amides is 1. The lowest BCUT2D eigenvalue weighted by atomic mass is 9.94. The van der Waals surface area contributed by atoms with Crippen molar-refractivity contribution in [2.24, 2.45) is 11.7 Å². The Balaban J connectivity index is 1.93. The molecule has 0 unspecified atom stereocenters. The van der Waals surface area contributed by atoms with Crippen LogP contribution in [-0.4, -0.2) is 29.9 Å². The third-order valence-electron chi connectivity index (χ3n) is 3.60. The van der Waals surface area contributed by atoms with Crippen molar-refractivity contribution in [3.8, 4) is 0 Å². The topological polar surface area (TPSA) is 46.3 Å². The molecule has 86 valence electrons. The smallest absolute Gasteiger partial charge is 0.225 e. The van der Waals surface area contributed by atoms with Gasteiger partial charge in [-0.3, -0.25) is 4.79 Å². The molecule has 0 radical (unpaired) electrons. The van der Waals surface area contributed by atoms with Gasteiger partial charge in [0.05, 0.1) is 0 Å². The molecule has 2 N–H and O–H groups in total. The summed E-state index contributed by atoms with van der Waals surface area (Å²) >= 11 is 0. The van der Waals surface area contributed by atoms with Gasteiger partial charge in [0, 0.05) is 25.0 Å². The summed E-state index contributed by atoms with van der Waals surface area (Å²) in [6.45, 7) is 1.37. The summed E-state index contributed by atoms with van der Waals surface area (Å²) in [5.74, 6) is 0.728. The zero-order valence-corrected chi connectivity index (χ0v) is 9.45. The van der Waals surface area contributed by atoms with Gasteiger partial charge in [-0.05, 0) is 25.7 Å². The largest absolute Gasteiger partial charge is 0.338 e. The molecule has 0 aromatic rings. The molecule has 0 aromatic heterocycles. The molecule has 0 atom stereocenters. The monoisotopic (exact) mass is 210 g/mol. The number of carbonyl (C=O) groups excluding carboxylic acids is 1. The first-order valence-corrected chi connectivity index (χ1v) is 6.33. The molecule has 0 aliphatic heterocycles. The van der Waals surface area contributed by atoms with Crippen LogP contribution in [-0.2, 0) is 4.79 Å². The van der Waals surface area contributed by atoms with Crippen LogP contribution in [0.2, 0.25) is 0 Å². The zero-order valence-electron chi connectivity index (χ0n) is 9.45. The van der Waals surface area contributed by atoms with Gasteiger partial charge in [-0.1, -0.05) is 19.3 Å². The molecule has 15 heavy (non-hydrogen) atoms. The van der Waals surface area contributed by atoms with Gasteiger partial charge in [0.2, 0.25) is 5.91 Å². The second-order valence-corrected chi connectivity index (χ2v) is 4.89. The molecule has 2 rings (SSSR count). The molecular formula is C12H22N2O. The molecule has 3 heteroatoms. The molecular weight excluding hydrogens is 188 g/mol. The van der Waals surface area contributed by atoms with E-state index < -0.39 is 0 Å². The van der Waals surface area contributed by atoms with Gasteiger partial charge in [0.15, 0.2) is 0 Å². The van der Waals surface area contributed by atoms with Crippen LogP contribution < -0.4 is 5.73 Å². The number of carbonyl (C=O) groups is 1. The van der Waals surface area contributed by atoms with Crippen molar-refractivity contribution in [2.45, 2.75) is 51.0 Å². The van der Waals surface area contributed by atoms with Gasteiger partial charge in [0.1, 0.15) is 0 Å². The van der Waals surface area contributed by atoms with Crippen LogP contribution in [0.25, 0.3) is 0 Å². The quantitative estimate of drug-likeness (QED) is 0.764. The maximum absolute atomic E-state index is 12.1. The molecule has 0 saturated heterocycles. The van der Waals surface area contributed by atoms with Crippen molar-refractivity contribution in [2.75, 3.05) is 13.1 Å². The van der Waals surface area contributed by atoms with Crippen LogP contribution >= 0.6 is 0 Å². The van der Waals surface area contributed by atoms with Crippen molar-refractivity contribution < 1.29 is 4.79 Å². The number of nitrogens with zero attached hydrogens (tertiary/aromatic N) is 1. The highest BCUT2D eigenvalue weighted by atomic mass is 16.2. The Morgan fingerprint density at radius 1 is 1.13 bits per heavy atom. The van der Waals surface area contributed by atoms with E-state index in [0.717, 1.165) is 19.4 Å². The van der Waals surface area contributed by atoms with Gasteiger partial charge in [0.25, 0.3) is 0 Å². The summed E-state index contributed by atoms with van der Waals surface area (Å²) < 4.78 is 0. The Bertz CT molecular complexity index is 220. The van der Waals surface area contributed by atoms with Crippen LogP contribution in [0.1, 0.15) is 44.9 Å².